The van der Waals surface area contributed by atoms with Crippen molar-refractivity contribution in [3.8, 4) is 0 Å². The largest absolute Gasteiger partial charge is 0.459 e. The van der Waals surface area contributed by atoms with E-state index < -0.39 is 47.6 Å². The molecule has 37 heavy (non-hydrogen) atoms. The van der Waals surface area contributed by atoms with Crippen LogP contribution in [0.5, 0.6) is 0 Å². The van der Waals surface area contributed by atoms with Gasteiger partial charge in [0.2, 0.25) is 11.8 Å². The molecule has 3 heterocycles. The van der Waals surface area contributed by atoms with Gasteiger partial charge in [0.25, 0.3) is 5.92 Å². The van der Waals surface area contributed by atoms with E-state index >= 15 is 8.78 Å². The molecular formula is C26H34F2N4O5. The molecule has 0 aliphatic carbocycles. The normalized spacial score (nSPS) is 22.9. The van der Waals surface area contributed by atoms with Crippen LogP contribution in [-0.2, 0) is 19.1 Å². The lowest BCUT2D eigenvalue weighted by Crippen LogP contribution is -2.49. The highest BCUT2D eigenvalue weighted by atomic mass is 19.3. The number of fused-ring (bicyclic) bond motifs is 1. The van der Waals surface area contributed by atoms with E-state index in [1.54, 1.807) is 39.0 Å². The first-order valence-corrected chi connectivity index (χ1v) is 12.6. The molecule has 1 aromatic heterocycles. The van der Waals surface area contributed by atoms with Gasteiger partial charge in [-0.25, -0.2) is 13.6 Å². The number of hydrogen-bond acceptors (Lipinski definition) is 6. The third kappa shape index (κ3) is 5.46. The number of rotatable bonds is 5. The second kappa shape index (κ2) is 9.66. The second-order valence-corrected chi connectivity index (χ2v) is 11.2. The number of likely N-dealkylation sites (tertiary alicyclic amines) is 1. The van der Waals surface area contributed by atoms with Crippen LogP contribution in [0.25, 0.3) is 11.0 Å². The number of hydrogen-bond donors (Lipinski definition) is 1. The standard InChI is InChI=1S/C26H34F2N4O5/c1-15(2)31-20-12-16(6-7-18(20)32(24(31)36)19-8-9-21(33)29-23(19)35)17-10-11-30(14-26(17,27)28)13-22(34)37-25(3,4)5/h6-7,12,15,17,19H,8-11,13-14H2,1-5H3,(H,29,33,35). The predicted molar refractivity (Wildman–Crippen MR) is 133 cm³/mol. The van der Waals surface area contributed by atoms with E-state index in [0.717, 1.165) is 0 Å². The van der Waals surface area contributed by atoms with Crippen molar-refractivity contribution in [2.75, 3.05) is 19.6 Å². The van der Waals surface area contributed by atoms with E-state index in [9.17, 15) is 19.2 Å². The van der Waals surface area contributed by atoms with Gasteiger partial charge in [-0.15, -0.1) is 0 Å². The molecule has 2 aliphatic rings. The topological polar surface area (TPSA) is 103 Å². The van der Waals surface area contributed by atoms with Crippen molar-refractivity contribution in [1.29, 1.82) is 0 Å². The molecule has 2 saturated heterocycles. The Morgan fingerprint density at radius 2 is 1.86 bits per heavy atom. The monoisotopic (exact) mass is 520 g/mol. The van der Waals surface area contributed by atoms with Crippen LogP contribution in [0, 0.1) is 0 Å². The number of imide groups is 1. The average molecular weight is 521 g/mol. The molecule has 9 nitrogen and oxygen atoms in total. The number of benzene rings is 1. The summed E-state index contributed by atoms with van der Waals surface area (Å²) in [5.41, 5.74) is 0.209. The zero-order valence-corrected chi connectivity index (χ0v) is 21.8. The summed E-state index contributed by atoms with van der Waals surface area (Å²) >= 11 is 0. The van der Waals surface area contributed by atoms with Crippen LogP contribution in [0.15, 0.2) is 23.0 Å². The molecule has 0 radical (unpaired) electrons. The van der Waals surface area contributed by atoms with Gasteiger partial charge in [0.15, 0.2) is 0 Å². The average Bonchev–Trinajstić information content (AvgIpc) is 3.03. The van der Waals surface area contributed by atoms with E-state index in [1.807, 2.05) is 13.8 Å². The van der Waals surface area contributed by atoms with Crippen LogP contribution >= 0.6 is 0 Å². The van der Waals surface area contributed by atoms with E-state index in [0.29, 0.717) is 23.1 Å². The number of nitrogens with one attached hydrogen (secondary N) is 1. The predicted octanol–water partition coefficient (Wildman–Crippen LogP) is 3.13. The molecule has 4 rings (SSSR count). The highest BCUT2D eigenvalue weighted by Gasteiger charge is 2.46. The minimum atomic E-state index is -3.11. The molecular weight excluding hydrogens is 486 g/mol. The fourth-order valence-electron chi connectivity index (χ4n) is 5.32. The smallest absolute Gasteiger partial charge is 0.330 e. The molecule has 0 bridgehead atoms. The molecule has 202 valence electrons. The van der Waals surface area contributed by atoms with E-state index in [1.165, 1.54) is 14.0 Å². The SMILES string of the molecule is CC(C)n1c(=O)n(C2CCC(=O)NC2=O)c2ccc(C3CCN(CC(=O)OC(C)(C)C)CC3(F)F)cc21. The summed E-state index contributed by atoms with van der Waals surface area (Å²) in [7, 11) is 0. The van der Waals surface area contributed by atoms with E-state index in [-0.39, 0.29) is 37.8 Å². The van der Waals surface area contributed by atoms with Crippen molar-refractivity contribution in [2.24, 2.45) is 0 Å². The third-order valence-corrected chi connectivity index (χ3v) is 6.82. The number of nitrogens with zero attached hydrogens (tertiary/aromatic N) is 3. The molecule has 1 N–H and O–H groups in total. The lowest BCUT2D eigenvalue weighted by Gasteiger charge is -2.38. The van der Waals surface area contributed by atoms with Crippen LogP contribution in [0.4, 0.5) is 8.78 Å². The Morgan fingerprint density at radius 1 is 1.16 bits per heavy atom. The number of halogens is 2. The number of carbonyl (C=O) groups excluding carboxylic acids is 3. The van der Waals surface area contributed by atoms with Crippen molar-refractivity contribution in [3.63, 3.8) is 0 Å². The Hall–Kier alpha value is -3.08. The van der Waals surface area contributed by atoms with Crippen LogP contribution in [0.3, 0.4) is 0 Å². The number of piperidine rings is 2. The maximum Gasteiger partial charge on any atom is 0.330 e. The van der Waals surface area contributed by atoms with Gasteiger partial charge in [0.1, 0.15) is 11.6 Å². The first-order valence-electron chi connectivity index (χ1n) is 12.6. The van der Waals surface area contributed by atoms with Crippen molar-refractivity contribution in [2.45, 2.75) is 83.4 Å². The number of carbonyl (C=O) groups is 3. The quantitative estimate of drug-likeness (QED) is 0.480. The molecule has 2 unspecified atom stereocenters. The van der Waals surface area contributed by atoms with Crippen molar-refractivity contribution in [3.05, 3.63) is 34.2 Å². The van der Waals surface area contributed by atoms with Crippen LogP contribution in [0.1, 0.15) is 77.4 Å². The minimum Gasteiger partial charge on any atom is -0.459 e. The first kappa shape index (κ1) is 27.0. The Labute approximate surface area is 213 Å². The summed E-state index contributed by atoms with van der Waals surface area (Å²) in [6.07, 6.45) is 0.433. The fraction of sp³-hybridized carbons (Fsp3) is 0.615. The molecule has 1 aromatic carbocycles. The Bertz CT molecular complexity index is 1290. The Morgan fingerprint density at radius 3 is 2.46 bits per heavy atom. The van der Waals surface area contributed by atoms with Gasteiger partial charge in [-0.05, 0) is 71.7 Å². The summed E-state index contributed by atoms with van der Waals surface area (Å²) in [5, 5.41) is 2.28. The highest BCUT2D eigenvalue weighted by Crippen LogP contribution is 2.41. The number of alkyl halides is 2. The molecule has 0 saturated carbocycles. The molecule has 0 spiro atoms. The molecule has 2 atom stereocenters. The lowest BCUT2D eigenvalue weighted by molar-refractivity contribution is -0.159. The molecule has 2 amide bonds. The van der Waals surface area contributed by atoms with Crippen molar-refractivity contribution < 1.29 is 27.9 Å². The summed E-state index contributed by atoms with van der Waals surface area (Å²) in [6, 6.07) is 3.67. The van der Waals surface area contributed by atoms with Gasteiger partial charge in [-0.2, -0.15) is 0 Å². The van der Waals surface area contributed by atoms with Crippen molar-refractivity contribution >= 4 is 28.8 Å². The Balaban J connectivity index is 1.64. The lowest BCUT2D eigenvalue weighted by atomic mass is 9.86. The van der Waals surface area contributed by atoms with E-state index in [4.69, 9.17) is 4.74 Å². The van der Waals surface area contributed by atoms with E-state index in [2.05, 4.69) is 5.32 Å². The summed E-state index contributed by atoms with van der Waals surface area (Å²) < 4.78 is 38.9. The zero-order chi connectivity index (χ0) is 27.3. The minimum absolute atomic E-state index is 0.114. The zero-order valence-electron chi connectivity index (χ0n) is 21.8. The number of imidazole rings is 1. The summed E-state index contributed by atoms with van der Waals surface area (Å²) in [4.78, 5) is 51.1. The van der Waals surface area contributed by atoms with Crippen LogP contribution in [0.2, 0.25) is 0 Å². The molecule has 2 aliphatic heterocycles. The summed E-state index contributed by atoms with van der Waals surface area (Å²) in [5.74, 6) is -5.68. The summed E-state index contributed by atoms with van der Waals surface area (Å²) in [6.45, 7) is 8.32. The fourth-order valence-corrected chi connectivity index (χ4v) is 5.32. The number of aromatic nitrogens is 2. The molecule has 2 aromatic rings. The second-order valence-electron chi connectivity index (χ2n) is 11.2. The van der Waals surface area contributed by atoms with Crippen molar-refractivity contribution in [1.82, 2.24) is 19.4 Å². The van der Waals surface area contributed by atoms with Gasteiger partial charge in [-0.1, -0.05) is 6.07 Å². The number of esters is 1. The maximum absolute atomic E-state index is 15.4. The molecule has 2 fully saturated rings. The highest BCUT2D eigenvalue weighted by molar-refractivity contribution is 6.00. The molecule has 11 heteroatoms. The maximum atomic E-state index is 15.4. The van der Waals surface area contributed by atoms with Crippen LogP contribution < -0.4 is 11.0 Å². The van der Waals surface area contributed by atoms with Gasteiger partial charge in [0, 0.05) is 12.5 Å². The third-order valence-electron chi connectivity index (χ3n) is 6.82. The van der Waals surface area contributed by atoms with Crippen LogP contribution in [-0.4, -0.2) is 63.0 Å². The van der Waals surface area contributed by atoms with Gasteiger partial charge in [0.05, 0.1) is 30.0 Å². The number of ether oxygens (including phenoxy) is 1. The van der Waals surface area contributed by atoms with Gasteiger partial charge >= 0.3 is 11.7 Å². The van der Waals surface area contributed by atoms with Gasteiger partial charge in [-0.3, -0.25) is 33.7 Å². The Kier molecular flexibility index (Phi) is 7.04. The first-order chi connectivity index (χ1) is 17.2. The number of amides is 2. The van der Waals surface area contributed by atoms with Gasteiger partial charge < -0.3 is 4.74 Å².